The molecule has 0 amide bonds. The smallest absolute Gasteiger partial charge is 0.0541 e. The van der Waals surface area contributed by atoms with Gasteiger partial charge in [0.05, 0.1) is 11.0 Å². The molecule has 75 heavy (non-hydrogen) atoms. The second-order valence-electron chi connectivity index (χ2n) is 21.5. The quantitative estimate of drug-likeness (QED) is 0.140. The molecule has 0 saturated heterocycles. The minimum absolute atomic E-state index is 0.111. The van der Waals surface area contributed by atoms with Crippen molar-refractivity contribution in [2.24, 2.45) is 0 Å². The third kappa shape index (κ3) is 7.54. The van der Waals surface area contributed by atoms with E-state index < -0.39 is 0 Å². The van der Waals surface area contributed by atoms with Gasteiger partial charge in [0.15, 0.2) is 0 Å². The van der Waals surface area contributed by atoms with Crippen molar-refractivity contribution in [3.8, 4) is 72.4 Å². The highest BCUT2D eigenvalue weighted by Gasteiger charge is 2.36. The number of hydrogen-bond donors (Lipinski definition) is 0. The number of para-hydroxylation sites is 1. The Morgan fingerprint density at radius 1 is 0.387 bits per heavy atom. The van der Waals surface area contributed by atoms with E-state index in [1.54, 1.807) is 0 Å². The van der Waals surface area contributed by atoms with Crippen LogP contribution in [0.2, 0.25) is 0 Å². The molecule has 2 heteroatoms. The summed E-state index contributed by atoms with van der Waals surface area (Å²) in [4.78, 5) is 2.41. The Morgan fingerprint density at radius 3 is 1.69 bits per heavy atom. The lowest BCUT2D eigenvalue weighted by Crippen LogP contribution is -2.16. The molecule has 0 saturated carbocycles. The topological polar surface area (TPSA) is 8.17 Å². The highest BCUT2D eigenvalue weighted by molar-refractivity contribution is 6.10. The summed E-state index contributed by atoms with van der Waals surface area (Å²) in [7, 11) is 0. The van der Waals surface area contributed by atoms with Crippen LogP contribution in [0.5, 0.6) is 0 Å². The van der Waals surface area contributed by atoms with Crippen LogP contribution in [0.1, 0.15) is 54.5 Å². The van der Waals surface area contributed by atoms with Crippen LogP contribution >= 0.6 is 0 Å². The van der Waals surface area contributed by atoms with Gasteiger partial charge >= 0.3 is 0 Å². The monoisotopic (exact) mass is 960 g/mol. The van der Waals surface area contributed by atoms with Crippen molar-refractivity contribution < 1.29 is 0 Å². The third-order valence-electron chi connectivity index (χ3n) is 16.4. The van der Waals surface area contributed by atoms with Crippen molar-refractivity contribution >= 4 is 38.9 Å². The van der Waals surface area contributed by atoms with Gasteiger partial charge in [-0.25, -0.2) is 0 Å². The largest absolute Gasteiger partial charge is 0.310 e. The van der Waals surface area contributed by atoms with E-state index in [0.29, 0.717) is 5.92 Å². The van der Waals surface area contributed by atoms with Crippen LogP contribution in [0.4, 0.5) is 17.1 Å². The molecule has 2 nitrogen and oxygen atoms in total. The summed E-state index contributed by atoms with van der Waals surface area (Å²) < 4.78 is 2.47. The van der Waals surface area contributed by atoms with Gasteiger partial charge in [-0.3, -0.25) is 0 Å². The maximum absolute atomic E-state index is 2.47. The molecule has 14 rings (SSSR count). The van der Waals surface area contributed by atoms with E-state index in [4.69, 9.17) is 0 Å². The van der Waals surface area contributed by atoms with Gasteiger partial charge in [0, 0.05) is 38.9 Å². The van der Waals surface area contributed by atoms with Crippen LogP contribution in [0.3, 0.4) is 0 Å². The van der Waals surface area contributed by atoms with Crippen molar-refractivity contribution in [1.82, 2.24) is 4.57 Å². The Labute approximate surface area is 440 Å². The van der Waals surface area contributed by atoms with Crippen molar-refractivity contribution in [2.75, 3.05) is 4.90 Å². The highest BCUT2D eigenvalue weighted by atomic mass is 15.1. The summed E-state index contributed by atoms with van der Waals surface area (Å²) in [5.74, 6) is 0.538. The molecule has 0 spiro atoms. The van der Waals surface area contributed by atoms with Gasteiger partial charge in [-0.15, -0.1) is 0 Å². The Morgan fingerprint density at radius 2 is 0.947 bits per heavy atom. The Kier molecular flexibility index (Phi) is 10.5. The molecular formula is C73H56N2. The van der Waals surface area contributed by atoms with Crippen LogP contribution in [0.25, 0.3) is 94.3 Å². The van der Waals surface area contributed by atoms with Gasteiger partial charge in [0.2, 0.25) is 0 Å². The van der Waals surface area contributed by atoms with Crippen molar-refractivity contribution in [1.29, 1.82) is 0 Å². The summed E-state index contributed by atoms with van der Waals surface area (Å²) in [6.45, 7) is 9.33. The molecule has 0 aliphatic heterocycles. The maximum atomic E-state index is 2.47. The zero-order chi connectivity index (χ0) is 50.4. The van der Waals surface area contributed by atoms with E-state index in [-0.39, 0.29) is 5.41 Å². The minimum Gasteiger partial charge on any atom is -0.310 e. The van der Waals surface area contributed by atoms with Gasteiger partial charge in [0.25, 0.3) is 0 Å². The van der Waals surface area contributed by atoms with Gasteiger partial charge < -0.3 is 9.47 Å². The van der Waals surface area contributed by atoms with Crippen LogP contribution in [0.15, 0.2) is 249 Å². The molecule has 1 atom stereocenters. The number of rotatable bonds is 9. The van der Waals surface area contributed by atoms with Crippen LogP contribution in [-0.4, -0.2) is 4.57 Å². The first-order valence-corrected chi connectivity index (χ1v) is 26.5. The molecule has 2 aliphatic rings. The molecule has 1 heterocycles. The van der Waals surface area contributed by atoms with Crippen LogP contribution < -0.4 is 4.90 Å². The normalized spacial score (nSPS) is 14.1. The lowest BCUT2D eigenvalue weighted by atomic mass is 9.73. The first-order chi connectivity index (χ1) is 36.7. The lowest BCUT2D eigenvalue weighted by Gasteiger charge is -2.31. The maximum Gasteiger partial charge on any atom is 0.0541 e. The zero-order valence-corrected chi connectivity index (χ0v) is 42.9. The summed E-state index contributed by atoms with van der Waals surface area (Å²) >= 11 is 0. The Hall–Kier alpha value is -8.98. The van der Waals surface area contributed by atoms with Crippen LogP contribution in [-0.2, 0) is 11.8 Å². The zero-order valence-electron chi connectivity index (χ0n) is 42.9. The number of benzene rings is 11. The molecule has 0 radical (unpaired) electrons. The molecule has 12 aromatic rings. The predicted octanol–water partition coefficient (Wildman–Crippen LogP) is 19.9. The molecule has 11 aromatic carbocycles. The average Bonchev–Trinajstić information content (AvgIpc) is 3.91. The number of aryl methyl sites for hydroxylation is 1. The number of fused-ring (bicyclic) bond motifs is 7. The fraction of sp³-hybridized carbons (Fsp3) is 0.0959. The standard InChI is InChI=1S/C73H56N2/c1-47-38-56(57-44-65-48(2)40-67(65)66(45-57)55-21-15-20-53(41-55)50-18-9-6-10-19-50)42-61(39-47)75-71-25-14-12-23-64(71)68-43-54(30-37-72(68)75)52-28-33-59(34-29-52)74(58-31-26-51(27-32-58)49-16-7-5-8-17-49)60-35-36-63-62-22-11-13-24-69(62)73(3,4)70(63)46-60/h5-39,41-46,48H,40H2,1-4H3. The van der Waals surface area contributed by atoms with E-state index in [1.807, 2.05) is 0 Å². The Balaban J connectivity index is 0.832. The molecule has 2 aliphatic carbocycles. The molecule has 0 bridgehead atoms. The number of aromatic nitrogens is 1. The minimum atomic E-state index is -0.111. The molecule has 1 unspecified atom stereocenters. The molecule has 0 fully saturated rings. The second-order valence-corrected chi connectivity index (χ2v) is 21.5. The third-order valence-corrected chi connectivity index (χ3v) is 16.4. The van der Waals surface area contributed by atoms with Gasteiger partial charge in [-0.05, 0) is 193 Å². The highest BCUT2D eigenvalue weighted by Crippen LogP contribution is 2.51. The van der Waals surface area contributed by atoms with E-state index in [1.165, 1.54) is 122 Å². The Bertz CT molecular complexity index is 4180. The number of hydrogen-bond acceptors (Lipinski definition) is 1. The number of nitrogens with zero attached hydrogens (tertiary/aromatic N) is 2. The fourth-order valence-corrected chi connectivity index (χ4v) is 12.6. The average molecular weight is 961 g/mol. The number of anilines is 3. The second kappa shape index (κ2) is 17.6. The van der Waals surface area contributed by atoms with Crippen molar-refractivity contribution in [3.63, 3.8) is 0 Å². The first kappa shape index (κ1) is 44.7. The molecule has 358 valence electrons. The summed E-state index contributed by atoms with van der Waals surface area (Å²) in [6.07, 6.45) is 1.11. The van der Waals surface area contributed by atoms with Crippen molar-refractivity contribution in [2.45, 2.75) is 45.4 Å². The fourth-order valence-electron chi connectivity index (χ4n) is 12.6. The van der Waals surface area contributed by atoms with E-state index in [9.17, 15) is 0 Å². The van der Waals surface area contributed by atoms with Gasteiger partial charge in [-0.2, -0.15) is 0 Å². The summed E-state index contributed by atoms with van der Waals surface area (Å²) in [5.41, 5.74) is 28.9. The van der Waals surface area contributed by atoms with Crippen molar-refractivity contribution in [3.05, 3.63) is 277 Å². The first-order valence-electron chi connectivity index (χ1n) is 26.5. The van der Waals surface area contributed by atoms with Crippen LogP contribution in [0, 0.1) is 6.92 Å². The SMILES string of the molecule is Cc1cc(-c2cc(-c3cccc(-c4ccccc4)c3)c3c(c2)C(C)C3)cc(-n2c3ccccc3c3cc(-c4ccc(N(c5ccc(-c6ccccc6)cc5)c5ccc6c(c5)C(C)(C)c5ccccc5-6)cc4)ccc32)c1. The molecule has 0 N–H and O–H groups in total. The van der Waals surface area contributed by atoms with E-state index in [0.717, 1.165) is 23.5 Å². The predicted molar refractivity (Wildman–Crippen MR) is 317 cm³/mol. The van der Waals surface area contributed by atoms with E-state index >= 15 is 0 Å². The summed E-state index contributed by atoms with van der Waals surface area (Å²) in [6, 6.07) is 92.5. The van der Waals surface area contributed by atoms with E-state index in [2.05, 4.69) is 286 Å². The lowest BCUT2D eigenvalue weighted by molar-refractivity contribution is 0.660. The summed E-state index contributed by atoms with van der Waals surface area (Å²) in [5, 5.41) is 2.49. The van der Waals surface area contributed by atoms with Gasteiger partial charge in [-0.1, -0.05) is 191 Å². The molecular weight excluding hydrogens is 905 g/mol. The molecule has 1 aromatic heterocycles. The van der Waals surface area contributed by atoms with Gasteiger partial charge in [0.1, 0.15) is 0 Å².